The van der Waals surface area contributed by atoms with E-state index in [-0.39, 0.29) is 0 Å². The van der Waals surface area contributed by atoms with Gasteiger partial charge < -0.3 is 9.73 Å². The lowest BCUT2D eigenvalue weighted by molar-refractivity contribution is 0.123. The smallest absolute Gasteiger partial charge is 0.121 e. The van der Waals surface area contributed by atoms with E-state index in [1.807, 2.05) is 6.92 Å². The highest BCUT2D eigenvalue weighted by Gasteiger charge is 2.25. The van der Waals surface area contributed by atoms with Gasteiger partial charge in [-0.25, -0.2) is 0 Å². The third-order valence-corrected chi connectivity index (χ3v) is 4.18. The van der Waals surface area contributed by atoms with E-state index in [2.05, 4.69) is 43.1 Å². The lowest BCUT2D eigenvalue weighted by atomic mass is 10.0. The first-order valence-electron chi connectivity index (χ1n) is 7.63. The van der Waals surface area contributed by atoms with Gasteiger partial charge in [-0.05, 0) is 59.2 Å². The molecular weight excluding hydrogens is 236 g/mol. The largest absolute Gasteiger partial charge is 0.465 e. The van der Waals surface area contributed by atoms with Gasteiger partial charge in [0.1, 0.15) is 11.5 Å². The van der Waals surface area contributed by atoms with Crippen LogP contribution in [-0.2, 0) is 0 Å². The van der Waals surface area contributed by atoms with Gasteiger partial charge in [-0.2, -0.15) is 0 Å². The molecule has 108 valence electrons. The molecule has 2 atom stereocenters. The van der Waals surface area contributed by atoms with E-state index < -0.39 is 0 Å². The molecule has 3 heteroatoms. The molecule has 0 aliphatic carbocycles. The first-order chi connectivity index (χ1) is 9.08. The predicted molar refractivity (Wildman–Crippen MR) is 79.3 cm³/mol. The number of furan rings is 1. The maximum absolute atomic E-state index is 5.80. The number of aryl methyl sites for hydroxylation is 1. The number of nitrogens with zero attached hydrogens (tertiary/aromatic N) is 1. The monoisotopic (exact) mass is 264 g/mol. The number of rotatable bonds is 5. The van der Waals surface area contributed by atoms with Gasteiger partial charge in [-0.3, -0.25) is 4.90 Å². The minimum Gasteiger partial charge on any atom is -0.465 e. The average molecular weight is 264 g/mol. The van der Waals surface area contributed by atoms with Gasteiger partial charge in [0.2, 0.25) is 0 Å². The number of piperidine rings is 1. The Morgan fingerprint density at radius 3 is 2.63 bits per heavy atom. The second-order valence-corrected chi connectivity index (χ2v) is 6.06. The molecule has 2 heterocycles. The minimum absolute atomic E-state index is 0.345. The van der Waals surface area contributed by atoms with Gasteiger partial charge in [0.25, 0.3) is 0 Å². The van der Waals surface area contributed by atoms with Gasteiger partial charge in [0.15, 0.2) is 0 Å². The van der Waals surface area contributed by atoms with Crippen LogP contribution in [0.25, 0.3) is 0 Å². The fourth-order valence-corrected chi connectivity index (χ4v) is 2.99. The van der Waals surface area contributed by atoms with E-state index >= 15 is 0 Å². The predicted octanol–water partition coefficient (Wildman–Crippen LogP) is 3.50. The summed E-state index contributed by atoms with van der Waals surface area (Å²) in [5.41, 5.74) is 0. The summed E-state index contributed by atoms with van der Waals surface area (Å²) in [6.45, 7) is 11.1. The summed E-state index contributed by atoms with van der Waals surface area (Å²) in [5.74, 6) is 2.09. The van der Waals surface area contributed by atoms with Crippen molar-refractivity contribution in [1.82, 2.24) is 10.2 Å². The molecule has 3 nitrogen and oxygen atoms in total. The van der Waals surface area contributed by atoms with Crippen molar-refractivity contribution in [2.75, 3.05) is 13.1 Å². The van der Waals surface area contributed by atoms with Crippen molar-refractivity contribution in [3.63, 3.8) is 0 Å². The first kappa shape index (κ1) is 14.6. The Balaban J connectivity index is 2.02. The molecule has 1 aliphatic heterocycles. The Labute approximate surface area is 117 Å². The third kappa shape index (κ3) is 3.83. The van der Waals surface area contributed by atoms with Gasteiger partial charge >= 0.3 is 0 Å². The Morgan fingerprint density at radius 1 is 1.32 bits per heavy atom. The van der Waals surface area contributed by atoms with Crippen LogP contribution in [0.4, 0.5) is 0 Å². The van der Waals surface area contributed by atoms with Gasteiger partial charge in [0.05, 0.1) is 6.04 Å². The summed E-state index contributed by atoms with van der Waals surface area (Å²) in [6.07, 6.45) is 3.98. The summed E-state index contributed by atoms with van der Waals surface area (Å²) in [7, 11) is 0. The second-order valence-electron chi connectivity index (χ2n) is 6.06. The van der Waals surface area contributed by atoms with Crippen molar-refractivity contribution in [3.05, 3.63) is 23.7 Å². The zero-order chi connectivity index (χ0) is 13.8. The molecule has 0 spiro atoms. The van der Waals surface area contributed by atoms with E-state index in [1.54, 1.807) is 0 Å². The lowest BCUT2D eigenvalue weighted by Gasteiger charge is -2.36. The van der Waals surface area contributed by atoms with E-state index in [0.29, 0.717) is 18.1 Å². The number of nitrogens with one attached hydrogen (secondary N) is 1. The standard InChI is InChI=1S/C16H28N2O/c1-12(2)18(11-15-7-5-6-10-17-15)14(4)16-9-8-13(3)19-16/h8-9,12,14-15,17H,5-7,10-11H2,1-4H3. The molecule has 19 heavy (non-hydrogen) atoms. The average Bonchev–Trinajstić information content (AvgIpc) is 2.83. The van der Waals surface area contributed by atoms with Crippen LogP contribution in [0.1, 0.15) is 57.6 Å². The van der Waals surface area contributed by atoms with E-state index in [0.717, 1.165) is 18.1 Å². The summed E-state index contributed by atoms with van der Waals surface area (Å²) in [4.78, 5) is 2.54. The van der Waals surface area contributed by atoms with E-state index in [9.17, 15) is 0 Å². The highest BCUT2D eigenvalue weighted by atomic mass is 16.3. The number of hydrogen-bond acceptors (Lipinski definition) is 3. The fourth-order valence-electron chi connectivity index (χ4n) is 2.99. The van der Waals surface area contributed by atoms with Crippen LogP contribution in [0.2, 0.25) is 0 Å². The maximum atomic E-state index is 5.80. The molecule has 1 aromatic rings. The number of hydrogen-bond donors (Lipinski definition) is 1. The van der Waals surface area contributed by atoms with Crippen molar-refractivity contribution in [1.29, 1.82) is 0 Å². The summed E-state index contributed by atoms with van der Waals surface area (Å²) in [6, 6.07) is 5.68. The van der Waals surface area contributed by atoms with Crippen LogP contribution in [0.15, 0.2) is 16.5 Å². The molecule has 1 aromatic heterocycles. The molecule has 2 unspecified atom stereocenters. The van der Waals surface area contributed by atoms with Crippen LogP contribution >= 0.6 is 0 Å². The summed E-state index contributed by atoms with van der Waals surface area (Å²) < 4.78 is 5.80. The van der Waals surface area contributed by atoms with E-state index in [4.69, 9.17) is 4.42 Å². The molecule has 2 rings (SSSR count). The van der Waals surface area contributed by atoms with E-state index in [1.165, 1.54) is 25.8 Å². The van der Waals surface area contributed by atoms with Gasteiger partial charge in [-0.1, -0.05) is 6.42 Å². The second kappa shape index (κ2) is 6.58. The minimum atomic E-state index is 0.345. The fraction of sp³-hybridized carbons (Fsp3) is 0.750. The van der Waals surface area contributed by atoms with Crippen LogP contribution < -0.4 is 5.32 Å². The van der Waals surface area contributed by atoms with Gasteiger partial charge in [0, 0.05) is 18.6 Å². The summed E-state index contributed by atoms with van der Waals surface area (Å²) in [5, 5.41) is 3.64. The van der Waals surface area contributed by atoms with Crippen molar-refractivity contribution < 1.29 is 4.42 Å². The van der Waals surface area contributed by atoms with Crippen LogP contribution in [0.5, 0.6) is 0 Å². The molecule has 0 bridgehead atoms. The molecule has 1 fully saturated rings. The molecular formula is C16H28N2O. The molecule has 0 amide bonds. The van der Waals surface area contributed by atoms with Crippen molar-refractivity contribution in [2.45, 2.75) is 65.1 Å². The molecule has 1 N–H and O–H groups in total. The molecule has 0 aromatic carbocycles. The molecule has 1 saturated heterocycles. The van der Waals surface area contributed by atoms with Crippen molar-refractivity contribution >= 4 is 0 Å². The zero-order valence-corrected chi connectivity index (χ0v) is 12.8. The maximum Gasteiger partial charge on any atom is 0.121 e. The van der Waals surface area contributed by atoms with Crippen LogP contribution in [0.3, 0.4) is 0 Å². The first-order valence-corrected chi connectivity index (χ1v) is 7.63. The molecule has 1 aliphatic rings. The highest BCUT2D eigenvalue weighted by Crippen LogP contribution is 2.25. The Bertz CT molecular complexity index is 380. The Morgan fingerprint density at radius 2 is 2.11 bits per heavy atom. The molecule has 0 radical (unpaired) electrons. The topological polar surface area (TPSA) is 28.4 Å². The quantitative estimate of drug-likeness (QED) is 0.882. The summed E-state index contributed by atoms with van der Waals surface area (Å²) >= 11 is 0. The normalized spacial score (nSPS) is 22.1. The van der Waals surface area contributed by atoms with Gasteiger partial charge in [-0.15, -0.1) is 0 Å². The van der Waals surface area contributed by atoms with Crippen LogP contribution in [-0.4, -0.2) is 30.1 Å². The SMILES string of the molecule is Cc1ccc(C(C)N(CC2CCCCN2)C(C)C)o1. The van der Waals surface area contributed by atoms with Crippen molar-refractivity contribution in [2.24, 2.45) is 0 Å². The Kier molecular flexibility index (Phi) is 5.06. The zero-order valence-electron chi connectivity index (χ0n) is 12.8. The molecule has 0 saturated carbocycles. The third-order valence-electron chi connectivity index (χ3n) is 4.18. The van der Waals surface area contributed by atoms with Crippen molar-refractivity contribution in [3.8, 4) is 0 Å². The Hall–Kier alpha value is -0.800. The van der Waals surface area contributed by atoms with Crippen LogP contribution in [0, 0.1) is 6.92 Å². The lowest BCUT2D eigenvalue weighted by Crippen LogP contribution is -2.46. The highest BCUT2D eigenvalue weighted by molar-refractivity contribution is 5.09.